The minimum atomic E-state index is -0.609. The average Bonchev–Trinajstić information content (AvgIpc) is 2.63. The second kappa shape index (κ2) is 6.46. The molecule has 1 fully saturated rings. The van der Waals surface area contributed by atoms with E-state index in [0.29, 0.717) is 11.0 Å². The van der Waals surface area contributed by atoms with Gasteiger partial charge in [-0.05, 0) is 60.0 Å². The molecule has 6 nitrogen and oxygen atoms in total. The lowest BCUT2D eigenvalue weighted by atomic mass is 9.71. The molecule has 1 aliphatic carbocycles. The first-order chi connectivity index (χ1) is 11.3. The van der Waals surface area contributed by atoms with Crippen molar-refractivity contribution in [2.75, 3.05) is 0 Å². The SMILES string of the molecule is CC(C)(C)OC(=O)N/C=C1\C(=N)C=CC=C1B1OC(C)(C)C(C)(C)O1. The minimum Gasteiger partial charge on any atom is -0.444 e. The molecule has 0 aromatic heterocycles. The van der Waals surface area contributed by atoms with E-state index in [9.17, 15) is 4.79 Å². The fourth-order valence-electron chi connectivity index (χ4n) is 2.36. The monoisotopic (exact) mass is 346 g/mol. The van der Waals surface area contributed by atoms with Gasteiger partial charge in [-0.1, -0.05) is 12.2 Å². The highest BCUT2D eigenvalue weighted by Crippen LogP contribution is 2.40. The van der Waals surface area contributed by atoms with Crippen molar-refractivity contribution in [1.82, 2.24) is 5.32 Å². The fourth-order valence-corrected chi connectivity index (χ4v) is 2.36. The van der Waals surface area contributed by atoms with Gasteiger partial charge in [0.1, 0.15) is 5.60 Å². The van der Waals surface area contributed by atoms with E-state index in [-0.39, 0.29) is 5.71 Å². The second-order valence-corrected chi connectivity index (χ2v) is 8.19. The zero-order valence-electron chi connectivity index (χ0n) is 16.0. The van der Waals surface area contributed by atoms with Crippen LogP contribution in [0.1, 0.15) is 48.5 Å². The molecule has 1 heterocycles. The fraction of sp³-hybridized carbons (Fsp3) is 0.556. The molecule has 2 N–H and O–H groups in total. The first-order valence-corrected chi connectivity index (χ1v) is 8.35. The molecule has 0 saturated carbocycles. The third-order valence-electron chi connectivity index (χ3n) is 4.38. The quantitative estimate of drug-likeness (QED) is 0.750. The maximum Gasteiger partial charge on any atom is 0.495 e. The molecular weight excluding hydrogens is 319 g/mol. The molecule has 136 valence electrons. The Morgan fingerprint density at radius 3 is 2.32 bits per heavy atom. The number of amides is 1. The Bertz CT molecular complexity index is 653. The maximum atomic E-state index is 11.9. The summed E-state index contributed by atoms with van der Waals surface area (Å²) in [6.07, 6.45) is 6.15. The molecule has 0 unspecified atom stereocenters. The molecule has 0 aromatic carbocycles. The summed E-state index contributed by atoms with van der Waals surface area (Å²) in [4.78, 5) is 11.9. The van der Waals surface area contributed by atoms with E-state index in [1.165, 1.54) is 6.20 Å². The van der Waals surface area contributed by atoms with Crippen molar-refractivity contribution >= 4 is 18.9 Å². The third-order valence-corrected chi connectivity index (χ3v) is 4.38. The van der Waals surface area contributed by atoms with Gasteiger partial charge >= 0.3 is 13.2 Å². The Morgan fingerprint density at radius 2 is 1.80 bits per heavy atom. The first kappa shape index (κ1) is 19.5. The molecular formula is C18H27BN2O4. The zero-order chi connectivity index (χ0) is 19.0. The summed E-state index contributed by atoms with van der Waals surface area (Å²) < 4.78 is 17.4. The van der Waals surface area contributed by atoms with Crippen LogP contribution in [0.4, 0.5) is 4.79 Å². The predicted molar refractivity (Wildman–Crippen MR) is 98.5 cm³/mol. The molecule has 2 rings (SSSR count). The molecule has 1 saturated heterocycles. The highest BCUT2D eigenvalue weighted by atomic mass is 16.7. The topological polar surface area (TPSA) is 80.6 Å². The number of carbonyl (C=O) groups is 1. The summed E-state index contributed by atoms with van der Waals surface area (Å²) in [6, 6.07) is 0. The van der Waals surface area contributed by atoms with Gasteiger partial charge in [-0.15, -0.1) is 0 Å². The lowest BCUT2D eigenvalue weighted by Crippen LogP contribution is -2.41. The number of hydrogen-bond acceptors (Lipinski definition) is 5. The number of allylic oxidation sites excluding steroid dienone is 5. The summed E-state index contributed by atoms with van der Waals surface area (Å²) in [5.74, 6) is 0. The molecule has 0 spiro atoms. The van der Waals surface area contributed by atoms with E-state index in [1.54, 1.807) is 32.9 Å². The molecule has 0 bridgehead atoms. The molecule has 0 radical (unpaired) electrons. The highest BCUT2D eigenvalue weighted by molar-refractivity contribution is 6.58. The lowest BCUT2D eigenvalue weighted by molar-refractivity contribution is 0.00578. The van der Waals surface area contributed by atoms with Crippen LogP contribution in [-0.4, -0.2) is 35.7 Å². The van der Waals surface area contributed by atoms with Crippen LogP contribution in [0.3, 0.4) is 0 Å². The van der Waals surface area contributed by atoms with E-state index in [2.05, 4.69) is 5.32 Å². The van der Waals surface area contributed by atoms with Crippen LogP contribution in [0.15, 0.2) is 35.5 Å². The molecule has 1 aliphatic heterocycles. The number of ether oxygens (including phenoxy) is 1. The Labute approximate surface area is 149 Å². The van der Waals surface area contributed by atoms with Crippen molar-refractivity contribution in [1.29, 1.82) is 5.41 Å². The van der Waals surface area contributed by atoms with Crippen LogP contribution in [0.5, 0.6) is 0 Å². The summed E-state index contributed by atoms with van der Waals surface area (Å²) in [5, 5.41) is 10.7. The van der Waals surface area contributed by atoms with Crippen molar-refractivity contribution in [2.45, 2.75) is 65.3 Å². The third kappa shape index (κ3) is 4.41. The van der Waals surface area contributed by atoms with Crippen molar-refractivity contribution in [3.8, 4) is 0 Å². The van der Waals surface area contributed by atoms with Gasteiger partial charge in [-0.25, -0.2) is 4.79 Å². The Morgan fingerprint density at radius 1 is 1.24 bits per heavy atom. The van der Waals surface area contributed by atoms with Gasteiger partial charge < -0.3 is 19.5 Å². The van der Waals surface area contributed by atoms with E-state index >= 15 is 0 Å². The number of alkyl carbamates (subject to hydrolysis) is 1. The molecule has 25 heavy (non-hydrogen) atoms. The number of hydrogen-bond donors (Lipinski definition) is 2. The van der Waals surface area contributed by atoms with Gasteiger partial charge in [-0.2, -0.15) is 0 Å². The van der Waals surface area contributed by atoms with Gasteiger partial charge in [0.15, 0.2) is 0 Å². The van der Waals surface area contributed by atoms with Gasteiger partial charge in [-0.3, -0.25) is 5.32 Å². The van der Waals surface area contributed by atoms with E-state index in [1.807, 2.05) is 33.8 Å². The molecule has 0 aromatic rings. The molecule has 0 atom stereocenters. The van der Waals surface area contributed by atoms with Gasteiger partial charge in [0.25, 0.3) is 0 Å². The van der Waals surface area contributed by atoms with Crippen LogP contribution in [0.25, 0.3) is 0 Å². The lowest BCUT2D eigenvalue weighted by Gasteiger charge is -2.32. The zero-order valence-corrected chi connectivity index (χ0v) is 16.0. The van der Waals surface area contributed by atoms with E-state index in [4.69, 9.17) is 19.5 Å². The summed E-state index contributed by atoms with van der Waals surface area (Å²) in [7, 11) is -0.609. The number of carbonyl (C=O) groups excluding carboxylic acids is 1. The highest BCUT2D eigenvalue weighted by Gasteiger charge is 2.53. The van der Waals surface area contributed by atoms with Crippen LogP contribution < -0.4 is 5.32 Å². The number of rotatable bonds is 2. The molecule has 7 heteroatoms. The first-order valence-electron chi connectivity index (χ1n) is 8.35. The number of nitrogens with one attached hydrogen (secondary N) is 2. The van der Waals surface area contributed by atoms with Crippen LogP contribution in [0, 0.1) is 5.41 Å². The van der Waals surface area contributed by atoms with Crippen molar-refractivity contribution in [3.05, 3.63) is 35.5 Å². The summed E-state index contributed by atoms with van der Waals surface area (Å²) >= 11 is 0. The van der Waals surface area contributed by atoms with Gasteiger partial charge in [0.05, 0.1) is 16.9 Å². The second-order valence-electron chi connectivity index (χ2n) is 8.19. The van der Waals surface area contributed by atoms with Crippen LogP contribution in [0.2, 0.25) is 0 Å². The predicted octanol–water partition coefficient (Wildman–Crippen LogP) is 3.54. The van der Waals surface area contributed by atoms with Crippen molar-refractivity contribution in [3.63, 3.8) is 0 Å². The Balaban J connectivity index is 2.21. The van der Waals surface area contributed by atoms with Crippen LogP contribution >= 0.6 is 0 Å². The van der Waals surface area contributed by atoms with E-state index in [0.717, 1.165) is 0 Å². The molecule has 2 aliphatic rings. The molecule has 1 amide bonds. The Hall–Kier alpha value is -1.86. The van der Waals surface area contributed by atoms with Crippen LogP contribution in [-0.2, 0) is 14.0 Å². The Kier molecular flexibility index (Phi) is 5.03. The van der Waals surface area contributed by atoms with Crippen molar-refractivity contribution in [2.24, 2.45) is 0 Å². The standard InChI is InChI=1S/C18H27BN2O4/c1-16(2,3)23-15(22)21-11-12-13(9-8-10-14(12)20)19-24-17(4,5)18(6,7)25-19/h8-11,20H,1-7H3,(H,21,22)/b12-11-,20-14?. The average molecular weight is 346 g/mol. The maximum absolute atomic E-state index is 11.9. The minimum absolute atomic E-state index is 0.267. The van der Waals surface area contributed by atoms with Gasteiger partial charge in [0, 0.05) is 11.8 Å². The smallest absolute Gasteiger partial charge is 0.444 e. The summed E-state index contributed by atoms with van der Waals surface area (Å²) in [6.45, 7) is 13.3. The van der Waals surface area contributed by atoms with Crippen molar-refractivity contribution < 1.29 is 18.8 Å². The van der Waals surface area contributed by atoms with Gasteiger partial charge in [0.2, 0.25) is 0 Å². The summed E-state index contributed by atoms with van der Waals surface area (Å²) in [5.41, 5.74) is -0.0540. The largest absolute Gasteiger partial charge is 0.495 e. The van der Waals surface area contributed by atoms with E-state index < -0.39 is 30.0 Å². The normalized spacial score (nSPS) is 23.6.